The number of hydrogen-bond acceptors (Lipinski definition) is 4. The van der Waals surface area contributed by atoms with E-state index < -0.39 is 0 Å². The summed E-state index contributed by atoms with van der Waals surface area (Å²) in [4.78, 5) is 18.5. The Bertz CT molecular complexity index is 628. The number of carbonyl (C=O) groups is 1. The number of thioether (sulfide) groups is 1. The molecule has 2 aromatic heterocycles. The molecule has 1 saturated heterocycles. The number of nitrogens with zero attached hydrogens (tertiary/aromatic N) is 4. The Balaban J connectivity index is 1.52. The number of nitrogens with one attached hydrogen (secondary N) is 1. The molecule has 0 aromatic carbocycles. The first-order valence-electron chi connectivity index (χ1n) is 7.85. The van der Waals surface area contributed by atoms with E-state index in [0.29, 0.717) is 11.8 Å². The van der Waals surface area contributed by atoms with Gasteiger partial charge in [0.15, 0.2) is 5.82 Å². The Morgan fingerprint density at radius 2 is 2.39 bits per heavy atom. The third-order valence-corrected chi connectivity index (χ3v) is 5.25. The zero-order valence-electron chi connectivity index (χ0n) is 13.2. The average molecular weight is 331 g/mol. The van der Waals surface area contributed by atoms with Crippen molar-refractivity contribution in [2.45, 2.75) is 25.1 Å². The highest BCUT2D eigenvalue weighted by Crippen LogP contribution is 2.20. The predicted octanol–water partition coefficient (Wildman–Crippen LogP) is 2.30. The van der Waals surface area contributed by atoms with E-state index in [1.165, 1.54) is 0 Å². The molecule has 2 aromatic rings. The van der Waals surface area contributed by atoms with Gasteiger partial charge in [0.2, 0.25) is 0 Å². The largest absolute Gasteiger partial charge is 0.334 e. The SMILES string of the molecule is CC[C@@H]1CN(C(=O)NCc2ccc(-n3cccn3)nc2)CCS1. The van der Waals surface area contributed by atoms with E-state index in [4.69, 9.17) is 0 Å². The summed E-state index contributed by atoms with van der Waals surface area (Å²) < 4.78 is 1.71. The molecular formula is C16H21N5OS. The third kappa shape index (κ3) is 4.04. The van der Waals surface area contributed by atoms with Crippen LogP contribution >= 0.6 is 11.8 Å². The van der Waals surface area contributed by atoms with Crippen molar-refractivity contribution in [3.8, 4) is 5.82 Å². The lowest BCUT2D eigenvalue weighted by atomic mass is 10.3. The van der Waals surface area contributed by atoms with Gasteiger partial charge in [-0.15, -0.1) is 0 Å². The quantitative estimate of drug-likeness (QED) is 0.934. The summed E-state index contributed by atoms with van der Waals surface area (Å²) >= 11 is 1.96. The molecule has 0 saturated carbocycles. The van der Waals surface area contributed by atoms with E-state index in [1.807, 2.05) is 41.1 Å². The molecule has 3 heterocycles. The highest BCUT2D eigenvalue weighted by molar-refractivity contribution is 8.00. The molecule has 122 valence electrons. The van der Waals surface area contributed by atoms with Gasteiger partial charge in [0, 0.05) is 49.2 Å². The molecule has 7 heteroatoms. The second-order valence-electron chi connectivity index (χ2n) is 5.48. The second-order valence-corrected chi connectivity index (χ2v) is 6.89. The fraction of sp³-hybridized carbons (Fsp3) is 0.438. The first-order chi connectivity index (χ1) is 11.3. The molecule has 3 rings (SSSR count). The summed E-state index contributed by atoms with van der Waals surface area (Å²) in [6.45, 7) is 4.32. The summed E-state index contributed by atoms with van der Waals surface area (Å²) in [5.74, 6) is 1.79. The van der Waals surface area contributed by atoms with Crippen LogP contribution in [0.4, 0.5) is 4.79 Å². The van der Waals surface area contributed by atoms with Crippen molar-refractivity contribution >= 4 is 17.8 Å². The van der Waals surface area contributed by atoms with Gasteiger partial charge < -0.3 is 10.2 Å². The van der Waals surface area contributed by atoms with Gasteiger partial charge in [-0.2, -0.15) is 16.9 Å². The normalized spacial score (nSPS) is 18.0. The smallest absolute Gasteiger partial charge is 0.317 e. The number of hydrogen-bond donors (Lipinski definition) is 1. The lowest BCUT2D eigenvalue weighted by Crippen LogP contribution is -2.46. The van der Waals surface area contributed by atoms with E-state index in [1.54, 1.807) is 17.1 Å². The number of urea groups is 1. The van der Waals surface area contributed by atoms with Crippen LogP contribution < -0.4 is 5.32 Å². The highest BCUT2D eigenvalue weighted by atomic mass is 32.2. The molecule has 0 unspecified atom stereocenters. The van der Waals surface area contributed by atoms with Crippen LogP contribution in [0.15, 0.2) is 36.8 Å². The van der Waals surface area contributed by atoms with Gasteiger partial charge in [0.1, 0.15) is 0 Å². The molecule has 6 nitrogen and oxygen atoms in total. The van der Waals surface area contributed by atoms with Crippen molar-refractivity contribution in [3.63, 3.8) is 0 Å². The fourth-order valence-corrected chi connectivity index (χ4v) is 3.68. The Morgan fingerprint density at radius 3 is 3.09 bits per heavy atom. The molecule has 0 radical (unpaired) electrons. The molecule has 1 fully saturated rings. The monoisotopic (exact) mass is 331 g/mol. The van der Waals surface area contributed by atoms with Gasteiger partial charge in [0.05, 0.1) is 0 Å². The van der Waals surface area contributed by atoms with Crippen LogP contribution in [-0.2, 0) is 6.54 Å². The van der Waals surface area contributed by atoms with Gasteiger partial charge in [-0.3, -0.25) is 0 Å². The fourth-order valence-electron chi connectivity index (χ4n) is 2.50. The van der Waals surface area contributed by atoms with Crippen LogP contribution in [0.3, 0.4) is 0 Å². The maximum Gasteiger partial charge on any atom is 0.317 e. The van der Waals surface area contributed by atoms with Crippen molar-refractivity contribution in [1.29, 1.82) is 0 Å². The second kappa shape index (κ2) is 7.50. The molecule has 1 atom stereocenters. The predicted molar refractivity (Wildman–Crippen MR) is 91.7 cm³/mol. The maximum absolute atomic E-state index is 12.3. The van der Waals surface area contributed by atoms with Gasteiger partial charge >= 0.3 is 6.03 Å². The first-order valence-corrected chi connectivity index (χ1v) is 8.90. The highest BCUT2D eigenvalue weighted by Gasteiger charge is 2.22. The first kappa shape index (κ1) is 15.9. The summed E-state index contributed by atoms with van der Waals surface area (Å²) in [6, 6.07) is 5.74. The summed E-state index contributed by atoms with van der Waals surface area (Å²) in [5.41, 5.74) is 0.979. The Kier molecular flexibility index (Phi) is 5.17. The number of carbonyl (C=O) groups excluding carboxylic acids is 1. The van der Waals surface area contributed by atoms with Crippen molar-refractivity contribution < 1.29 is 4.79 Å². The van der Waals surface area contributed by atoms with Gasteiger partial charge in [0.25, 0.3) is 0 Å². The van der Waals surface area contributed by atoms with Crippen molar-refractivity contribution in [2.24, 2.45) is 0 Å². The molecule has 1 aliphatic rings. The Morgan fingerprint density at radius 1 is 1.48 bits per heavy atom. The van der Waals surface area contributed by atoms with Crippen LogP contribution in [0.1, 0.15) is 18.9 Å². The van der Waals surface area contributed by atoms with Crippen molar-refractivity contribution in [1.82, 2.24) is 25.0 Å². The van der Waals surface area contributed by atoms with Crippen molar-refractivity contribution in [3.05, 3.63) is 42.4 Å². The van der Waals surface area contributed by atoms with Crippen LogP contribution in [0.5, 0.6) is 0 Å². The van der Waals surface area contributed by atoms with Crippen LogP contribution in [-0.4, -0.2) is 49.8 Å². The van der Waals surface area contributed by atoms with Gasteiger partial charge in [-0.1, -0.05) is 13.0 Å². The standard InChI is InChI=1S/C16H21N5OS/c1-2-14-12-20(8-9-23-14)16(22)18-11-13-4-5-15(17-10-13)21-7-3-6-19-21/h3-7,10,14H,2,8-9,11-12H2,1H3,(H,18,22)/t14-/m1/s1. The van der Waals surface area contributed by atoms with Crippen LogP contribution in [0.25, 0.3) is 5.82 Å². The van der Waals surface area contributed by atoms with E-state index >= 15 is 0 Å². The van der Waals surface area contributed by atoms with E-state index in [-0.39, 0.29) is 6.03 Å². The topological polar surface area (TPSA) is 63.1 Å². The Labute approximate surface area is 140 Å². The molecule has 0 spiro atoms. The molecule has 0 bridgehead atoms. The van der Waals surface area contributed by atoms with E-state index in [9.17, 15) is 4.79 Å². The minimum absolute atomic E-state index is 0.0138. The maximum atomic E-state index is 12.3. The van der Waals surface area contributed by atoms with Gasteiger partial charge in [-0.25, -0.2) is 14.5 Å². The molecule has 0 aliphatic carbocycles. The average Bonchev–Trinajstić information content (AvgIpc) is 3.15. The molecular weight excluding hydrogens is 310 g/mol. The zero-order valence-corrected chi connectivity index (χ0v) is 14.0. The third-order valence-electron chi connectivity index (χ3n) is 3.87. The molecule has 23 heavy (non-hydrogen) atoms. The van der Waals surface area contributed by atoms with E-state index in [0.717, 1.165) is 36.6 Å². The van der Waals surface area contributed by atoms with Crippen LogP contribution in [0, 0.1) is 0 Å². The van der Waals surface area contributed by atoms with Crippen LogP contribution in [0.2, 0.25) is 0 Å². The number of amides is 2. The molecule has 2 amide bonds. The van der Waals surface area contributed by atoms with Gasteiger partial charge in [-0.05, 0) is 24.1 Å². The minimum atomic E-state index is 0.0138. The lowest BCUT2D eigenvalue weighted by molar-refractivity contribution is 0.199. The lowest BCUT2D eigenvalue weighted by Gasteiger charge is -2.31. The summed E-state index contributed by atoms with van der Waals surface area (Å²) in [6.07, 6.45) is 6.45. The number of rotatable bonds is 4. The van der Waals surface area contributed by atoms with E-state index in [2.05, 4.69) is 22.3 Å². The minimum Gasteiger partial charge on any atom is -0.334 e. The zero-order chi connectivity index (χ0) is 16.1. The number of aromatic nitrogens is 3. The molecule has 1 aliphatic heterocycles. The van der Waals surface area contributed by atoms with Crippen molar-refractivity contribution in [2.75, 3.05) is 18.8 Å². The Hall–Kier alpha value is -2.02. The summed E-state index contributed by atoms with van der Waals surface area (Å²) in [7, 11) is 0. The number of pyridine rings is 1. The molecule has 1 N–H and O–H groups in total. The summed E-state index contributed by atoms with van der Waals surface area (Å²) in [5, 5.41) is 7.69.